The van der Waals surface area contributed by atoms with E-state index < -0.39 is 5.54 Å². The number of nitrogens with two attached hydrogens (primary N) is 1. The highest BCUT2D eigenvalue weighted by molar-refractivity contribution is 4.97. The predicted molar refractivity (Wildman–Crippen MR) is 40.9 cm³/mol. The van der Waals surface area contributed by atoms with Crippen molar-refractivity contribution in [1.29, 1.82) is 0 Å². The third-order valence-electron chi connectivity index (χ3n) is 1.75. The van der Waals surface area contributed by atoms with Crippen LogP contribution < -0.4 is 5.73 Å². The Hall–Kier alpha value is -0.900. The largest absolute Gasteiger partial charge is 0.337 e. The molecule has 0 amide bonds. The molecule has 1 unspecified atom stereocenters. The lowest BCUT2D eigenvalue weighted by molar-refractivity contribution is 0.290. The van der Waals surface area contributed by atoms with E-state index >= 15 is 0 Å². The van der Waals surface area contributed by atoms with Crippen LogP contribution in [0.2, 0.25) is 0 Å². The third-order valence-corrected chi connectivity index (χ3v) is 1.75. The van der Waals surface area contributed by atoms with Crippen LogP contribution in [0.25, 0.3) is 0 Å². The summed E-state index contributed by atoms with van der Waals surface area (Å²) in [4.78, 5) is 4.05. The van der Waals surface area contributed by atoms with E-state index in [1.54, 1.807) is 6.92 Å². The molecule has 0 fully saturated rings. The highest BCUT2D eigenvalue weighted by Gasteiger charge is 2.25. The molecule has 1 aromatic heterocycles. The van der Waals surface area contributed by atoms with Crippen molar-refractivity contribution in [2.75, 3.05) is 0 Å². The van der Waals surface area contributed by atoms with Gasteiger partial charge in [-0.25, -0.2) is 0 Å². The third kappa shape index (κ3) is 1.57. The SMILES string of the molecule is CCC(C)(N)c1nc(C)no1. The Kier molecular flexibility index (Phi) is 1.95. The fourth-order valence-electron chi connectivity index (χ4n) is 0.680. The molecular formula is C7H13N3O. The lowest BCUT2D eigenvalue weighted by Crippen LogP contribution is -2.32. The van der Waals surface area contributed by atoms with E-state index in [-0.39, 0.29) is 0 Å². The Balaban J connectivity index is 2.92. The predicted octanol–water partition coefficient (Wildman–Crippen LogP) is 0.962. The highest BCUT2D eigenvalue weighted by Crippen LogP contribution is 2.18. The molecule has 1 atom stereocenters. The second kappa shape index (κ2) is 2.62. The summed E-state index contributed by atoms with van der Waals surface area (Å²) in [5.41, 5.74) is 5.37. The van der Waals surface area contributed by atoms with Crippen LogP contribution >= 0.6 is 0 Å². The molecule has 0 aliphatic carbocycles. The molecule has 0 aromatic carbocycles. The zero-order chi connectivity index (χ0) is 8.48. The summed E-state index contributed by atoms with van der Waals surface area (Å²) in [7, 11) is 0. The normalized spacial score (nSPS) is 16.4. The van der Waals surface area contributed by atoms with Crippen molar-refractivity contribution < 1.29 is 4.52 Å². The molecule has 1 aromatic rings. The monoisotopic (exact) mass is 155 g/mol. The first-order valence-electron chi connectivity index (χ1n) is 3.66. The van der Waals surface area contributed by atoms with Gasteiger partial charge in [0.25, 0.3) is 0 Å². The van der Waals surface area contributed by atoms with E-state index in [1.165, 1.54) is 0 Å². The highest BCUT2D eigenvalue weighted by atomic mass is 16.5. The van der Waals surface area contributed by atoms with Crippen molar-refractivity contribution in [2.24, 2.45) is 5.73 Å². The second-order valence-electron chi connectivity index (χ2n) is 2.92. The zero-order valence-electron chi connectivity index (χ0n) is 7.09. The lowest BCUT2D eigenvalue weighted by Gasteiger charge is -2.16. The quantitative estimate of drug-likeness (QED) is 0.690. The molecule has 0 aliphatic rings. The van der Waals surface area contributed by atoms with E-state index in [4.69, 9.17) is 10.3 Å². The van der Waals surface area contributed by atoms with Crippen molar-refractivity contribution in [2.45, 2.75) is 32.7 Å². The van der Waals surface area contributed by atoms with Gasteiger partial charge in [0.2, 0.25) is 5.89 Å². The van der Waals surface area contributed by atoms with Crippen molar-refractivity contribution in [3.63, 3.8) is 0 Å². The minimum absolute atomic E-state index is 0.485. The van der Waals surface area contributed by atoms with Crippen LogP contribution in [0.3, 0.4) is 0 Å². The Bertz CT molecular complexity index is 242. The van der Waals surface area contributed by atoms with E-state index in [0.717, 1.165) is 6.42 Å². The summed E-state index contributed by atoms with van der Waals surface area (Å²) >= 11 is 0. The summed E-state index contributed by atoms with van der Waals surface area (Å²) in [6.07, 6.45) is 0.786. The zero-order valence-corrected chi connectivity index (χ0v) is 7.09. The van der Waals surface area contributed by atoms with Gasteiger partial charge in [-0.15, -0.1) is 0 Å². The summed E-state index contributed by atoms with van der Waals surface area (Å²) in [6.45, 7) is 5.64. The Labute approximate surface area is 65.8 Å². The van der Waals surface area contributed by atoms with Gasteiger partial charge < -0.3 is 10.3 Å². The van der Waals surface area contributed by atoms with E-state index in [9.17, 15) is 0 Å². The minimum atomic E-state index is -0.485. The average Bonchev–Trinajstić information content (AvgIpc) is 2.36. The van der Waals surface area contributed by atoms with Crippen molar-refractivity contribution in [3.8, 4) is 0 Å². The summed E-state index contributed by atoms with van der Waals surface area (Å²) < 4.78 is 4.93. The maximum atomic E-state index is 5.85. The Morgan fingerprint density at radius 3 is 2.64 bits per heavy atom. The van der Waals surface area contributed by atoms with Crippen LogP contribution in [0.5, 0.6) is 0 Å². The van der Waals surface area contributed by atoms with Gasteiger partial charge in [0.15, 0.2) is 5.82 Å². The van der Waals surface area contributed by atoms with E-state index in [2.05, 4.69) is 10.1 Å². The van der Waals surface area contributed by atoms with Crippen molar-refractivity contribution >= 4 is 0 Å². The fraction of sp³-hybridized carbons (Fsp3) is 0.714. The average molecular weight is 155 g/mol. The smallest absolute Gasteiger partial charge is 0.246 e. The molecule has 0 aliphatic heterocycles. The van der Waals surface area contributed by atoms with Gasteiger partial charge in [0, 0.05) is 0 Å². The van der Waals surface area contributed by atoms with Gasteiger partial charge in [-0.1, -0.05) is 12.1 Å². The summed E-state index contributed by atoms with van der Waals surface area (Å²) in [5.74, 6) is 1.14. The number of nitrogens with zero attached hydrogens (tertiary/aromatic N) is 2. The Morgan fingerprint density at radius 2 is 2.27 bits per heavy atom. The molecule has 2 N–H and O–H groups in total. The van der Waals surface area contributed by atoms with Gasteiger partial charge in [-0.3, -0.25) is 0 Å². The van der Waals surface area contributed by atoms with Crippen LogP contribution in [0.1, 0.15) is 32.0 Å². The molecule has 62 valence electrons. The standard InChI is InChI=1S/C7H13N3O/c1-4-7(3,8)6-9-5(2)10-11-6/h4,8H2,1-3H3. The van der Waals surface area contributed by atoms with Crippen LogP contribution in [-0.2, 0) is 5.54 Å². The topological polar surface area (TPSA) is 64.9 Å². The molecule has 0 saturated heterocycles. The molecule has 0 saturated carbocycles. The first-order chi connectivity index (χ1) is 5.06. The molecule has 1 heterocycles. The maximum Gasteiger partial charge on any atom is 0.246 e. The number of hydrogen-bond acceptors (Lipinski definition) is 4. The van der Waals surface area contributed by atoms with Crippen LogP contribution in [0, 0.1) is 6.92 Å². The number of aryl methyl sites for hydroxylation is 1. The summed E-state index contributed by atoms with van der Waals surface area (Å²) in [6, 6.07) is 0. The molecule has 4 nitrogen and oxygen atoms in total. The molecule has 0 bridgehead atoms. The molecule has 0 spiro atoms. The molecule has 1 rings (SSSR count). The minimum Gasteiger partial charge on any atom is -0.337 e. The van der Waals surface area contributed by atoms with Gasteiger partial charge in [0.05, 0.1) is 5.54 Å². The fourth-order valence-corrected chi connectivity index (χ4v) is 0.680. The van der Waals surface area contributed by atoms with E-state index in [1.807, 2.05) is 13.8 Å². The van der Waals surface area contributed by atoms with Gasteiger partial charge in [-0.05, 0) is 20.3 Å². The second-order valence-corrected chi connectivity index (χ2v) is 2.92. The van der Waals surface area contributed by atoms with Gasteiger partial charge in [-0.2, -0.15) is 4.98 Å². The van der Waals surface area contributed by atoms with Crippen molar-refractivity contribution in [1.82, 2.24) is 10.1 Å². The van der Waals surface area contributed by atoms with E-state index in [0.29, 0.717) is 11.7 Å². The summed E-state index contributed by atoms with van der Waals surface area (Å²) in [5, 5.41) is 3.66. The molecule has 4 heteroatoms. The van der Waals surface area contributed by atoms with Crippen molar-refractivity contribution in [3.05, 3.63) is 11.7 Å². The Morgan fingerprint density at radius 1 is 1.64 bits per heavy atom. The number of aromatic nitrogens is 2. The first-order valence-corrected chi connectivity index (χ1v) is 3.66. The lowest BCUT2D eigenvalue weighted by atomic mass is 10.0. The van der Waals surface area contributed by atoms with Crippen LogP contribution in [0.15, 0.2) is 4.52 Å². The first kappa shape index (κ1) is 8.20. The maximum absolute atomic E-state index is 5.85. The molecule has 11 heavy (non-hydrogen) atoms. The van der Waals surface area contributed by atoms with Crippen LogP contribution in [-0.4, -0.2) is 10.1 Å². The number of hydrogen-bond donors (Lipinski definition) is 1. The molecule has 0 radical (unpaired) electrons. The molecular weight excluding hydrogens is 142 g/mol. The van der Waals surface area contributed by atoms with Gasteiger partial charge in [0.1, 0.15) is 0 Å². The van der Waals surface area contributed by atoms with Gasteiger partial charge >= 0.3 is 0 Å². The van der Waals surface area contributed by atoms with Crippen LogP contribution in [0.4, 0.5) is 0 Å². The number of rotatable bonds is 2.